The van der Waals surface area contributed by atoms with Gasteiger partial charge in [-0.3, -0.25) is 10.3 Å². The van der Waals surface area contributed by atoms with E-state index in [0.717, 1.165) is 30.2 Å². The molecule has 7 heteroatoms. The maximum atomic E-state index is 8.45. The summed E-state index contributed by atoms with van der Waals surface area (Å²) in [6.07, 6.45) is 2.88. The number of aromatic nitrogens is 1. The number of aryl methyl sites for hydroxylation is 1. The van der Waals surface area contributed by atoms with Crippen LogP contribution in [0.15, 0.2) is 10.4 Å². The molecule has 1 rings (SSSR count). The fraction of sp³-hybridized carbons (Fsp3) is 0.545. The van der Waals surface area contributed by atoms with Crippen molar-refractivity contribution in [2.24, 2.45) is 4.99 Å². The zero-order valence-corrected chi connectivity index (χ0v) is 12.2. The minimum Gasteiger partial charge on any atom is -0.356 e. The molecule has 2 N–H and O–H groups in total. The Kier molecular flexibility index (Phi) is 7.22. The molecule has 0 saturated carbocycles. The first-order valence-electron chi connectivity index (χ1n) is 5.61. The Hall–Kier alpha value is -1.26. The summed E-state index contributed by atoms with van der Waals surface area (Å²) in [5.74, 6) is 2.62. The molecule has 0 amide bonds. The second kappa shape index (κ2) is 8.78. The molecule has 0 aromatic carbocycles. The van der Waals surface area contributed by atoms with Gasteiger partial charge in [-0.1, -0.05) is 0 Å². The second-order valence-corrected chi connectivity index (χ2v) is 5.30. The topological polar surface area (TPSA) is 73.1 Å². The molecular weight excluding hydrogens is 266 g/mol. The lowest BCUT2D eigenvalue weighted by Crippen LogP contribution is -2.35. The SMILES string of the molecule is CN=C(NC#N)NCCCSCc1csnc1C. The molecule has 0 atom stereocenters. The van der Waals surface area contributed by atoms with Crippen LogP contribution in [0.25, 0.3) is 0 Å². The molecule has 0 bridgehead atoms. The molecule has 0 saturated heterocycles. The number of thioether (sulfide) groups is 1. The van der Waals surface area contributed by atoms with E-state index in [9.17, 15) is 0 Å². The minimum absolute atomic E-state index is 0.528. The van der Waals surface area contributed by atoms with E-state index in [1.54, 1.807) is 7.05 Å². The molecule has 1 aromatic heterocycles. The van der Waals surface area contributed by atoms with Crippen molar-refractivity contribution in [1.29, 1.82) is 5.26 Å². The van der Waals surface area contributed by atoms with Crippen LogP contribution >= 0.6 is 23.3 Å². The molecule has 0 radical (unpaired) electrons. The van der Waals surface area contributed by atoms with E-state index in [1.807, 2.05) is 24.9 Å². The van der Waals surface area contributed by atoms with Crippen molar-refractivity contribution in [2.45, 2.75) is 19.1 Å². The predicted octanol–water partition coefficient (Wildman–Crippen LogP) is 1.72. The van der Waals surface area contributed by atoms with E-state index < -0.39 is 0 Å². The molecule has 0 spiro atoms. The lowest BCUT2D eigenvalue weighted by atomic mass is 10.3. The first kappa shape index (κ1) is 14.8. The molecule has 0 fully saturated rings. The molecule has 1 heterocycles. The second-order valence-electron chi connectivity index (χ2n) is 3.57. The number of hydrogen-bond acceptors (Lipinski definition) is 5. The Morgan fingerprint density at radius 1 is 1.67 bits per heavy atom. The van der Waals surface area contributed by atoms with Crippen LogP contribution in [-0.4, -0.2) is 29.7 Å². The van der Waals surface area contributed by atoms with Crippen LogP contribution in [0.4, 0.5) is 0 Å². The molecule has 1 aromatic rings. The third-order valence-electron chi connectivity index (χ3n) is 2.26. The van der Waals surface area contributed by atoms with E-state index in [1.165, 1.54) is 17.1 Å². The Balaban J connectivity index is 2.06. The van der Waals surface area contributed by atoms with Crippen molar-refractivity contribution < 1.29 is 0 Å². The van der Waals surface area contributed by atoms with E-state index in [4.69, 9.17) is 5.26 Å². The van der Waals surface area contributed by atoms with Crippen LogP contribution in [0, 0.1) is 18.4 Å². The van der Waals surface area contributed by atoms with E-state index in [-0.39, 0.29) is 0 Å². The summed E-state index contributed by atoms with van der Waals surface area (Å²) in [7, 11) is 1.65. The van der Waals surface area contributed by atoms with Gasteiger partial charge in [0.05, 0.1) is 5.69 Å². The van der Waals surface area contributed by atoms with Gasteiger partial charge in [0.25, 0.3) is 0 Å². The van der Waals surface area contributed by atoms with Crippen LogP contribution in [0.1, 0.15) is 17.7 Å². The van der Waals surface area contributed by atoms with Crippen molar-refractivity contribution in [1.82, 2.24) is 15.0 Å². The van der Waals surface area contributed by atoms with Gasteiger partial charge in [-0.15, -0.1) is 0 Å². The number of nitrogens with zero attached hydrogens (tertiary/aromatic N) is 3. The van der Waals surface area contributed by atoms with Gasteiger partial charge in [0.15, 0.2) is 6.19 Å². The van der Waals surface area contributed by atoms with Gasteiger partial charge in [-0.2, -0.15) is 21.4 Å². The average molecular weight is 283 g/mol. The molecular formula is C11H17N5S2. The molecule has 0 aliphatic rings. The van der Waals surface area contributed by atoms with Gasteiger partial charge in [-0.05, 0) is 36.2 Å². The number of guanidine groups is 1. The van der Waals surface area contributed by atoms with Gasteiger partial charge in [0.1, 0.15) is 0 Å². The van der Waals surface area contributed by atoms with Gasteiger partial charge in [-0.25, -0.2) is 0 Å². The van der Waals surface area contributed by atoms with Crippen molar-refractivity contribution in [3.05, 3.63) is 16.6 Å². The largest absolute Gasteiger partial charge is 0.356 e. The zero-order chi connectivity index (χ0) is 13.2. The Bertz CT molecular complexity index is 421. The van der Waals surface area contributed by atoms with Crippen LogP contribution in [0.2, 0.25) is 0 Å². The molecule has 0 aliphatic carbocycles. The lowest BCUT2D eigenvalue weighted by Gasteiger charge is -2.06. The summed E-state index contributed by atoms with van der Waals surface area (Å²) in [4.78, 5) is 3.91. The van der Waals surface area contributed by atoms with Gasteiger partial charge < -0.3 is 5.32 Å². The fourth-order valence-electron chi connectivity index (χ4n) is 1.25. The van der Waals surface area contributed by atoms with Crippen LogP contribution < -0.4 is 10.6 Å². The summed E-state index contributed by atoms with van der Waals surface area (Å²) >= 11 is 3.42. The van der Waals surface area contributed by atoms with Gasteiger partial charge in [0, 0.05) is 24.7 Å². The Morgan fingerprint density at radius 3 is 3.11 bits per heavy atom. The Morgan fingerprint density at radius 2 is 2.50 bits per heavy atom. The van der Waals surface area contributed by atoms with Gasteiger partial charge in [0.2, 0.25) is 5.96 Å². The third kappa shape index (κ3) is 5.38. The molecule has 0 aliphatic heterocycles. The highest BCUT2D eigenvalue weighted by molar-refractivity contribution is 7.98. The van der Waals surface area contributed by atoms with E-state index in [2.05, 4.69) is 25.4 Å². The molecule has 18 heavy (non-hydrogen) atoms. The monoisotopic (exact) mass is 283 g/mol. The van der Waals surface area contributed by atoms with E-state index in [0.29, 0.717) is 5.96 Å². The summed E-state index contributed by atoms with van der Waals surface area (Å²) < 4.78 is 4.25. The number of aliphatic imine (C=N–C) groups is 1. The highest BCUT2D eigenvalue weighted by Crippen LogP contribution is 2.17. The lowest BCUT2D eigenvalue weighted by molar-refractivity contribution is 0.827. The fourth-order valence-corrected chi connectivity index (χ4v) is 3.07. The number of rotatable bonds is 6. The number of nitrogens with one attached hydrogen (secondary N) is 2. The van der Waals surface area contributed by atoms with E-state index >= 15 is 0 Å². The standard InChI is InChI=1S/C11H17N5S2/c1-9-10(7-18-16-9)6-17-5-3-4-14-11(13-2)15-8-12/h7H,3-6H2,1-2H3,(H2,13,14,15). The van der Waals surface area contributed by atoms with Crippen molar-refractivity contribution in [3.8, 4) is 6.19 Å². The maximum Gasteiger partial charge on any atom is 0.204 e. The van der Waals surface area contributed by atoms with Crippen LogP contribution in [0.3, 0.4) is 0 Å². The quantitative estimate of drug-likeness (QED) is 0.273. The third-order valence-corrected chi connectivity index (χ3v) is 4.12. The normalized spacial score (nSPS) is 11.1. The molecule has 5 nitrogen and oxygen atoms in total. The average Bonchev–Trinajstić information content (AvgIpc) is 2.78. The summed E-state index contributed by atoms with van der Waals surface area (Å²) in [6, 6.07) is 0. The minimum atomic E-state index is 0.528. The highest BCUT2D eigenvalue weighted by atomic mass is 32.2. The molecule has 0 unspecified atom stereocenters. The van der Waals surface area contributed by atoms with Gasteiger partial charge >= 0.3 is 0 Å². The van der Waals surface area contributed by atoms with Crippen LogP contribution in [-0.2, 0) is 5.75 Å². The predicted molar refractivity (Wildman–Crippen MR) is 77.7 cm³/mol. The highest BCUT2D eigenvalue weighted by Gasteiger charge is 2.00. The summed E-state index contributed by atoms with van der Waals surface area (Å²) in [5.41, 5.74) is 2.48. The summed E-state index contributed by atoms with van der Waals surface area (Å²) in [5, 5.41) is 16.1. The number of nitriles is 1. The van der Waals surface area contributed by atoms with Crippen molar-refractivity contribution >= 4 is 29.3 Å². The smallest absolute Gasteiger partial charge is 0.204 e. The summed E-state index contributed by atoms with van der Waals surface area (Å²) in [6.45, 7) is 2.86. The number of hydrogen-bond donors (Lipinski definition) is 2. The Labute approximate surface area is 116 Å². The van der Waals surface area contributed by atoms with Crippen LogP contribution in [0.5, 0.6) is 0 Å². The first-order chi connectivity index (χ1) is 8.77. The zero-order valence-electron chi connectivity index (χ0n) is 10.6. The maximum absolute atomic E-state index is 8.45. The molecule has 98 valence electrons. The van der Waals surface area contributed by atoms with Crippen molar-refractivity contribution in [2.75, 3.05) is 19.3 Å². The first-order valence-corrected chi connectivity index (χ1v) is 7.60. The van der Waals surface area contributed by atoms with Crippen molar-refractivity contribution in [3.63, 3.8) is 0 Å².